The first kappa shape index (κ1) is 13.4. The molecule has 3 heteroatoms. The van der Waals surface area contributed by atoms with Gasteiger partial charge in [0, 0.05) is 18.1 Å². The summed E-state index contributed by atoms with van der Waals surface area (Å²) in [6.07, 6.45) is 0. The molecule has 0 unspecified atom stereocenters. The maximum Gasteiger partial charge on any atom is 0.0646 e. The van der Waals surface area contributed by atoms with Crippen LogP contribution in [-0.2, 0) is 5.33 Å². The fourth-order valence-corrected chi connectivity index (χ4v) is 2.71. The summed E-state index contributed by atoms with van der Waals surface area (Å²) in [6.45, 7) is 2.09. The lowest BCUT2D eigenvalue weighted by atomic mass is 10.1. The van der Waals surface area contributed by atoms with E-state index in [1.54, 1.807) is 0 Å². The Balaban J connectivity index is 2.45. The zero-order valence-corrected chi connectivity index (χ0v) is 12.8. The quantitative estimate of drug-likeness (QED) is 0.691. The van der Waals surface area contributed by atoms with Crippen molar-refractivity contribution in [3.05, 3.63) is 58.6 Å². The molecule has 0 saturated heterocycles. The van der Waals surface area contributed by atoms with Crippen LogP contribution in [0.4, 0.5) is 11.4 Å². The molecule has 0 N–H and O–H groups in total. The Kier molecular flexibility index (Phi) is 4.31. The molecule has 0 aliphatic rings. The van der Waals surface area contributed by atoms with E-state index in [2.05, 4.69) is 58.1 Å². The van der Waals surface area contributed by atoms with E-state index < -0.39 is 0 Å². The average molecular weight is 325 g/mol. The van der Waals surface area contributed by atoms with Gasteiger partial charge in [0.1, 0.15) is 0 Å². The minimum absolute atomic E-state index is 0.773. The fraction of sp³-hybridized carbons (Fsp3) is 0.200. The van der Waals surface area contributed by atoms with Crippen molar-refractivity contribution in [3.8, 4) is 0 Å². The Hall–Kier alpha value is -0.990. The second-order valence-electron chi connectivity index (χ2n) is 4.28. The Morgan fingerprint density at radius 3 is 2.39 bits per heavy atom. The van der Waals surface area contributed by atoms with Crippen LogP contribution in [0.25, 0.3) is 0 Å². The number of benzene rings is 2. The van der Waals surface area contributed by atoms with Crippen molar-refractivity contribution in [1.82, 2.24) is 0 Å². The molecule has 2 rings (SSSR count). The highest BCUT2D eigenvalue weighted by molar-refractivity contribution is 9.08. The van der Waals surface area contributed by atoms with Crippen molar-refractivity contribution in [2.24, 2.45) is 0 Å². The number of halogens is 2. The van der Waals surface area contributed by atoms with Crippen LogP contribution in [0.15, 0.2) is 42.5 Å². The third kappa shape index (κ3) is 2.70. The van der Waals surface area contributed by atoms with Crippen LogP contribution >= 0.6 is 27.5 Å². The SMILES string of the molecule is Cc1ccc(N(C)c2c(Cl)cccc2CBr)cc1. The van der Waals surface area contributed by atoms with Crippen molar-refractivity contribution in [1.29, 1.82) is 0 Å². The molecule has 0 aliphatic carbocycles. The monoisotopic (exact) mass is 323 g/mol. The largest absolute Gasteiger partial charge is 0.343 e. The van der Waals surface area contributed by atoms with E-state index >= 15 is 0 Å². The van der Waals surface area contributed by atoms with Gasteiger partial charge in [-0.1, -0.05) is 57.4 Å². The smallest absolute Gasteiger partial charge is 0.0646 e. The molecule has 0 aliphatic heterocycles. The van der Waals surface area contributed by atoms with Gasteiger partial charge in [-0.25, -0.2) is 0 Å². The number of alkyl halides is 1. The van der Waals surface area contributed by atoms with E-state index in [-0.39, 0.29) is 0 Å². The average Bonchev–Trinajstić information content (AvgIpc) is 2.38. The molecule has 0 saturated carbocycles. The van der Waals surface area contributed by atoms with Crippen LogP contribution < -0.4 is 4.90 Å². The minimum atomic E-state index is 0.773. The van der Waals surface area contributed by atoms with Crippen LogP contribution in [0.2, 0.25) is 5.02 Å². The number of nitrogens with zero attached hydrogens (tertiary/aromatic N) is 1. The lowest BCUT2D eigenvalue weighted by Gasteiger charge is -2.23. The number of anilines is 2. The molecule has 0 amide bonds. The topological polar surface area (TPSA) is 3.24 Å². The molecule has 0 spiro atoms. The predicted molar refractivity (Wildman–Crippen MR) is 83.3 cm³/mol. The highest BCUT2D eigenvalue weighted by Crippen LogP contribution is 2.34. The molecule has 0 heterocycles. The Labute approximate surface area is 122 Å². The molecule has 0 atom stereocenters. The van der Waals surface area contributed by atoms with E-state index in [9.17, 15) is 0 Å². The van der Waals surface area contributed by atoms with Gasteiger partial charge in [-0.3, -0.25) is 0 Å². The van der Waals surface area contributed by atoms with Crippen LogP contribution in [-0.4, -0.2) is 7.05 Å². The van der Waals surface area contributed by atoms with Crippen molar-refractivity contribution in [3.63, 3.8) is 0 Å². The van der Waals surface area contributed by atoms with Crippen molar-refractivity contribution < 1.29 is 0 Å². The molecule has 0 fully saturated rings. The third-order valence-electron chi connectivity index (χ3n) is 2.97. The number of aryl methyl sites for hydroxylation is 1. The van der Waals surface area contributed by atoms with Gasteiger partial charge >= 0.3 is 0 Å². The molecule has 0 bridgehead atoms. The van der Waals surface area contributed by atoms with Crippen LogP contribution in [0.3, 0.4) is 0 Å². The van der Waals surface area contributed by atoms with Gasteiger partial charge in [-0.15, -0.1) is 0 Å². The van der Waals surface area contributed by atoms with Gasteiger partial charge < -0.3 is 4.90 Å². The predicted octanol–water partition coefficient (Wildman–Crippen LogP) is 5.31. The zero-order valence-electron chi connectivity index (χ0n) is 10.5. The number of hydrogen-bond donors (Lipinski definition) is 0. The van der Waals surface area contributed by atoms with Gasteiger partial charge in [0.05, 0.1) is 10.7 Å². The summed E-state index contributed by atoms with van der Waals surface area (Å²) in [5.74, 6) is 0. The van der Waals surface area contributed by atoms with Gasteiger partial charge in [0.2, 0.25) is 0 Å². The van der Waals surface area contributed by atoms with Crippen LogP contribution in [0.1, 0.15) is 11.1 Å². The summed E-state index contributed by atoms with van der Waals surface area (Å²) in [6, 6.07) is 14.4. The molecule has 94 valence electrons. The first-order valence-electron chi connectivity index (χ1n) is 5.77. The van der Waals surface area contributed by atoms with Gasteiger partial charge in [0.15, 0.2) is 0 Å². The van der Waals surface area contributed by atoms with E-state index in [0.717, 1.165) is 21.7 Å². The van der Waals surface area contributed by atoms with Crippen molar-refractivity contribution in [2.75, 3.05) is 11.9 Å². The first-order chi connectivity index (χ1) is 8.63. The molecule has 0 radical (unpaired) electrons. The Bertz CT molecular complexity index is 537. The molecular weight excluding hydrogens is 310 g/mol. The minimum Gasteiger partial charge on any atom is -0.343 e. The molecule has 1 nitrogen and oxygen atoms in total. The lowest BCUT2D eigenvalue weighted by molar-refractivity contribution is 1.18. The maximum atomic E-state index is 6.32. The third-order valence-corrected chi connectivity index (χ3v) is 3.88. The van der Waals surface area contributed by atoms with Crippen LogP contribution in [0.5, 0.6) is 0 Å². The highest BCUT2D eigenvalue weighted by atomic mass is 79.9. The van der Waals surface area contributed by atoms with Gasteiger partial charge in [-0.2, -0.15) is 0 Å². The molecule has 0 aromatic heterocycles. The van der Waals surface area contributed by atoms with Crippen LogP contribution in [0, 0.1) is 6.92 Å². The summed E-state index contributed by atoms with van der Waals surface area (Å²) in [5.41, 5.74) is 4.63. The molecule has 18 heavy (non-hydrogen) atoms. The van der Waals surface area contributed by atoms with E-state index in [0.29, 0.717) is 0 Å². The summed E-state index contributed by atoms with van der Waals surface area (Å²) < 4.78 is 0. The lowest BCUT2D eigenvalue weighted by Crippen LogP contribution is -2.12. The summed E-state index contributed by atoms with van der Waals surface area (Å²) in [4.78, 5) is 2.12. The van der Waals surface area contributed by atoms with Crippen molar-refractivity contribution >= 4 is 38.9 Å². The summed E-state index contributed by atoms with van der Waals surface area (Å²) in [7, 11) is 2.04. The zero-order chi connectivity index (χ0) is 13.1. The molecule has 2 aromatic rings. The Morgan fingerprint density at radius 1 is 1.11 bits per heavy atom. The summed E-state index contributed by atoms with van der Waals surface area (Å²) in [5, 5.41) is 1.56. The maximum absolute atomic E-state index is 6.32. The highest BCUT2D eigenvalue weighted by Gasteiger charge is 2.12. The second kappa shape index (κ2) is 5.77. The van der Waals surface area contributed by atoms with E-state index in [1.165, 1.54) is 11.1 Å². The van der Waals surface area contributed by atoms with Gasteiger partial charge in [-0.05, 0) is 30.7 Å². The van der Waals surface area contributed by atoms with E-state index in [1.807, 2.05) is 19.2 Å². The van der Waals surface area contributed by atoms with Gasteiger partial charge in [0.25, 0.3) is 0 Å². The van der Waals surface area contributed by atoms with Crippen molar-refractivity contribution in [2.45, 2.75) is 12.3 Å². The standard InChI is InChI=1S/C15H15BrClN/c1-11-6-8-13(9-7-11)18(2)15-12(10-16)4-3-5-14(15)17/h3-9H,10H2,1-2H3. The fourth-order valence-electron chi connectivity index (χ4n) is 1.94. The second-order valence-corrected chi connectivity index (χ2v) is 5.24. The summed E-state index contributed by atoms with van der Waals surface area (Å²) >= 11 is 9.83. The van der Waals surface area contributed by atoms with E-state index in [4.69, 9.17) is 11.6 Å². The number of para-hydroxylation sites is 1. The molecule has 2 aromatic carbocycles. The number of rotatable bonds is 3. The normalized spacial score (nSPS) is 10.4. The number of hydrogen-bond acceptors (Lipinski definition) is 1. The molecular formula is C15H15BrClN. The Morgan fingerprint density at radius 2 is 1.78 bits per heavy atom. The first-order valence-corrected chi connectivity index (χ1v) is 7.27.